The molecule has 2 aliphatic heterocycles. The Balaban J connectivity index is 1.40. The van der Waals surface area contributed by atoms with Crippen LogP contribution in [0.3, 0.4) is 0 Å². The lowest BCUT2D eigenvalue weighted by Crippen LogP contribution is -2.42. The summed E-state index contributed by atoms with van der Waals surface area (Å²) in [6.45, 7) is 3.37. The maximum Gasteiger partial charge on any atom is 0.416 e. The average Bonchev–Trinajstić information content (AvgIpc) is 3.10. The van der Waals surface area contributed by atoms with Crippen LogP contribution in [-0.2, 0) is 36.8 Å². The van der Waals surface area contributed by atoms with Crippen LogP contribution >= 0.6 is 0 Å². The molecule has 2 aromatic rings. The highest BCUT2D eigenvalue weighted by atomic mass is 19.4. The molecule has 2 N–H and O–H groups in total. The number of rotatable bonds is 5. The summed E-state index contributed by atoms with van der Waals surface area (Å²) in [5.41, 5.74) is -2.54. The lowest BCUT2D eigenvalue weighted by molar-refractivity contribution is -0.143. The second-order valence-electron chi connectivity index (χ2n) is 9.41. The van der Waals surface area contributed by atoms with E-state index < -0.39 is 41.7 Å². The minimum atomic E-state index is -4.97. The minimum absolute atomic E-state index is 0.0408. The number of halogens is 6. The highest BCUT2D eigenvalue weighted by Gasteiger charge is 2.37. The van der Waals surface area contributed by atoms with Crippen LogP contribution in [-0.4, -0.2) is 45.9 Å². The normalized spacial score (nSPS) is 20.8. The number of carbonyl (C=O) groups is 1. The summed E-state index contributed by atoms with van der Waals surface area (Å²) in [6.07, 6.45) is -7.23. The van der Waals surface area contributed by atoms with Gasteiger partial charge in [0.2, 0.25) is 0 Å². The van der Waals surface area contributed by atoms with Crippen molar-refractivity contribution in [2.75, 3.05) is 18.4 Å². The second-order valence-corrected chi connectivity index (χ2v) is 9.41. The van der Waals surface area contributed by atoms with Gasteiger partial charge in [-0.15, -0.1) is 0 Å². The molecule has 1 aromatic heterocycles. The summed E-state index contributed by atoms with van der Waals surface area (Å²) in [7, 11) is 0. The molecule has 2 atom stereocenters. The molecule has 0 saturated carbocycles. The molecule has 0 aliphatic carbocycles. The lowest BCUT2D eigenvalue weighted by atomic mass is 9.98. The van der Waals surface area contributed by atoms with Gasteiger partial charge in [-0.3, -0.25) is 4.68 Å². The van der Waals surface area contributed by atoms with Crippen molar-refractivity contribution in [3.8, 4) is 0 Å². The van der Waals surface area contributed by atoms with Gasteiger partial charge in [-0.25, -0.2) is 4.79 Å². The van der Waals surface area contributed by atoms with Crippen LogP contribution < -0.4 is 10.6 Å². The molecule has 0 bridgehead atoms. The Bertz CT molecular complexity index is 1070. The number of carbonyl (C=O) groups excluding carboxylic acids is 1. The zero-order valence-corrected chi connectivity index (χ0v) is 20.3. The van der Waals surface area contributed by atoms with E-state index in [2.05, 4.69) is 22.7 Å². The van der Waals surface area contributed by atoms with E-state index >= 15 is 0 Å². The summed E-state index contributed by atoms with van der Waals surface area (Å²) in [6, 6.07) is 3.74. The zero-order chi connectivity index (χ0) is 26.8. The van der Waals surface area contributed by atoms with Gasteiger partial charge >= 0.3 is 18.4 Å². The fourth-order valence-electron chi connectivity index (χ4n) is 4.69. The van der Waals surface area contributed by atoms with Crippen molar-refractivity contribution in [1.29, 1.82) is 0 Å². The second kappa shape index (κ2) is 10.8. The molecule has 1 saturated heterocycles. The van der Waals surface area contributed by atoms with Gasteiger partial charge in [0, 0.05) is 31.2 Å². The molecule has 13 heteroatoms. The van der Waals surface area contributed by atoms with Crippen LogP contribution in [0.1, 0.15) is 55.0 Å². The number of ether oxygens (including phenoxy) is 1. The third-order valence-electron chi connectivity index (χ3n) is 6.62. The summed E-state index contributed by atoms with van der Waals surface area (Å²) in [5.74, 6) is 0.704. The standard InChI is InChI=1S/C24H29F6N5O2/c1-2-18-11-19(4-5-31-18)32-21-12-20-13-34(6-3-7-35(20)33-21)22(36)37-14-15-8-16(23(25,26)27)10-17(9-15)24(28,29)30/h8-10,12,18-19,31H,2-7,11,13-14H2,1H3,(H,32,33). The maximum absolute atomic E-state index is 13.1. The van der Waals surface area contributed by atoms with E-state index in [4.69, 9.17) is 4.74 Å². The Kier molecular flexibility index (Phi) is 7.91. The molecule has 1 fully saturated rings. The molecule has 4 rings (SSSR count). The van der Waals surface area contributed by atoms with Gasteiger partial charge in [0.1, 0.15) is 12.4 Å². The number of alkyl halides is 6. The average molecular weight is 534 g/mol. The van der Waals surface area contributed by atoms with Crippen molar-refractivity contribution in [3.63, 3.8) is 0 Å². The number of hydrogen-bond acceptors (Lipinski definition) is 5. The highest BCUT2D eigenvalue weighted by molar-refractivity contribution is 5.67. The number of benzene rings is 1. The smallest absolute Gasteiger partial charge is 0.416 e. The Morgan fingerprint density at radius 3 is 2.46 bits per heavy atom. The van der Waals surface area contributed by atoms with Crippen LogP contribution in [0.15, 0.2) is 24.3 Å². The van der Waals surface area contributed by atoms with Crippen molar-refractivity contribution in [1.82, 2.24) is 20.0 Å². The predicted octanol–water partition coefficient (Wildman–Crippen LogP) is 5.41. The maximum atomic E-state index is 13.1. The van der Waals surface area contributed by atoms with Crippen molar-refractivity contribution in [2.24, 2.45) is 0 Å². The van der Waals surface area contributed by atoms with Crippen LogP contribution in [0.5, 0.6) is 0 Å². The molecule has 204 valence electrons. The quantitative estimate of drug-likeness (QED) is 0.504. The first kappa shape index (κ1) is 27.1. The number of anilines is 1. The van der Waals surface area contributed by atoms with Crippen molar-refractivity contribution >= 4 is 11.9 Å². The number of aromatic nitrogens is 2. The molecule has 0 radical (unpaired) electrons. The van der Waals surface area contributed by atoms with Crippen LogP contribution in [0.2, 0.25) is 0 Å². The fourth-order valence-corrected chi connectivity index (χ4v) is 4.69. The number of aryl methyl sites for hydroxylation is 1. The topological polar surface area (TPSA) is 71.4 Å². The molecule has 3 heterocycles. The lowest BCUT2D eigenvalue weighted by Gasteiger charge is -2.30. The summed E-state index contributed by atoms with van der Waals surface area (Å²) in [5, 5.41) is 11.5. The first-order valence-corrected chi connectivity index (χ1v) is 12.2. The summed E-state index contributed by atoms with van der Waals surface area (Å²) in [4.78, 5) is 14.1. The number of amides is 1. The van der Waals surface area contributed by atoms with Gasteiger partial charge in [-0.1, -0.05) is 6.92 Å². The Morgan fingerprint density at radius 2 is 1.81 bits per heavy atom. The van der Waals surface area contributed by atoms with E-state index in [1.807, 2.05) is 6.07 Å². The van der Waals surface area contributed by atoms with Gasteiger partial charge in [-0.2, -0.15) is 31.4 Å². The molecule has 2 aliphatic rings. The van der Waals surface area contributed by atoms with E-state index in [9.17, 15) is 31.1 Å². The fraction of sp³-hybridized carbons (Fsp3) is 0.583. The molecule has 1 aromatic carbocycles. The largest absolute Gasteiger partial charge is 0.445 e. The van der Waals surface area contributed by atoms with Crippen LogP contribution in [0, 0.1) is 0 Å². The van der Waals surface area contributed by atoms with Gasteiger partial charge < -0.3 is 20.3 Å². The summed E-state index contributed by atoms with van der Waals surface area (Å²) >= 11 is 0. The predicted molar refractivity (Wildman–Crippen MR) is 123 cm³/mol. The highest BCUT2D eigenvalue weighted by Crippen LogP contribution is 2.36. The first-order chi connectivity index (χ1) is 17.4. The Labute approximate surface area is 210 Å². The van der Waals surface area contributed by atoms with Gasteiger partial charge in [0.15, 0.2) is 0 Å². The van der Waals surface area contributed by atoms with Crippen molar-refractivity contribution < 1.29 is 35.9 Å². The molecule has 0 spiro atoms. The van der Waals surface area contributed by atoms with Gasteiger partial charge in [0.25, 0.3) is 0 Å². The molecule has 1 amide bonds. The number of hydrogen-bond donors (Lipinski definition) is 2. The van der Waals surface area contributed by atoms with Crippen molar-refractivity contribution in [2.45, 2.75) is 76.7 Å². The van der Waals surface area contributed by atoms with E-state index in [1.165, 1.54) is 4.90 Å². The molecule has 2 unspecified atom stereocenters. The van der Waals surface area contributed by atoms with E-state index in [1.54, 1.807) is 4.68 Å². The zero-order valence-electron chi connectivity index (χ0n) is 20.3. The van der Waals surface area contributed by atoms with Crippen LogP contribution in [0.4, 0.5) is 37.0 Å². The number of nitrogens with one attached hydrogen (secondary N) is 2. The summed E-state index contributed by atoms with van der Waals surface area (Å²) < 4.78 is 85.5. The third-order valence-corrected chi connectivity index (χ3v) is 6.62. The monoisotopic (exact) mass is 533 g/mol. The van der Waals surface area contributed by atoms with Gasteiger partial charge in [-0.05, 0) is 56.0 Å². The molecular formula is C24H29F6N5O2. The Hall–Kier alpha value is -2.96. The van der Waals surface area contributed by atoms with Crippen molar-refractivity contribution in [3.05, 3.63) is 46.6 Å². The molecule has 37 heavy (non-hydrogen) atoms. The van der Waals surface area contributed by atoms with E-state index in [0.717, 1.165) is 31.5 Å². The number of nitrogens with zero attached hydrogens (tertiary/aromatic N) is 3. The van der Waals surface area contributed by atoms with Crippen LogP contribution in [0.25, 0.3) is 0 Å². The van der Waals surface area contributed by atoms with E-state index in [-0.39, 0.29) is 18.7 Å². The Morgan fingerprint density at radius 1 is 1.11 bits per heavy atom. The van der Waals surface area contributed by atoms with Gasteiger partial charge in [0.05, 0.1) is 23.4 Å². The SMILES string of the molecule is CCC1CC(Nc2cc3n(n2)CCCN(C(=O)OCc2cc(C(F)(F)F)cc(C(F)(F)F)c2)C3)CCN1. The third kappa shape index (κ3) is 6.88. The van der Waals surface area contributed by atoms with E-state index in [0.29, 0.717) is 43.5 Å². The minimum Gasteiger partial charge on any atom is -0.445 e. The molecule has 7 nitrogen and oxygen atoms in total. The number of fused-ring (bicyclic) bond motifs is 1. The number of piperidine rings is 1. The molecular weight excluding hydrogens is 504 g/mol. The first-order valence-electron chi connectivity index (χ1n) is 12.2.